The maximum atomic E-state index is 13.6. The predicted octanol–water partition coefficient (Wildman–Crippen LogP) is 4.42. The molecule has 1 N–H and O–H groups in total. The lowest BCUT2D eigenvalue weighted by Crippen LogP contribution is -2.23. The minimum absolute atomic E-state index is 0.198. The maximum absolute atomic E-state index is 13.6. The zero-order chi connectivity index (χ0) is 15.6. The molecule has 0 spiro atoms. The van der Waals surface area contributed by atoms with Crippen molar-refractivity contribution in [3.63, 3.8) is 0 Å². The van der Waals surface area contributed by atoms with E-state index in [2.05, 4.69) is 33.9 Å². The van der Waals surface area contributed by atoms with Crippen LogP contribution in [0.3, 0.4) is 0 Å². The Labute approximate surface area is 137 Å². The predicted molar refractivity (Wildman–Crippen MR) is 88.4 cm³/mol. The van der Waals surface area contributed by atoms with Gasteiger partial charge in [0.2, 0.25) is 0 Å². The van der Waals surface area contributed by atoms with Crippen LogP contribution in [0.5, 0.6) is 0 Å². The van der Waals surface area contributed by atoms with Crippen molar-refractivity contribution in [3.05, 3.63) is 62.9 Å². The molecular formula is C16H15BrFNOS. The van der Waals surface area contributed by atoms with Gasteiger partial charge in [-0.15, -0.1) is 12.6 Å². The van der Waals surface area contributed by atoms with Crippen molar-refractivity contribution in [2.75, 3.05) is 0 Å². The fourth-order valence-corrected chi connectivity index (χ4v) is 2.97. The second-order valence-corrected chi connectivity index (χ2v) is 6.29. The van der Waals surface area contributed by atoms with E-state index >= 15 is 0 Å². The summed E-state index contributed by atoms with van der Waals surface area (Å²) in [4.78, 5) is 12.7. The summed E-state index contributed by atoms with van der Waals surface area (Å²) in [6.45, 7) is 3.78. The highest BCUT2D eigenvalue weighted by Gasteiger charge is 2.10. The standard InChI is InChI=1S/C16H15BrFNOS/c1-9-5-11(6-10(2)15(9)18)8-19-16(20)13-4-3-12(17)7-14(13)21/h3-7,21H,8H2,1-2H3,(H,19,20). The molecule has 0 aliphatic heterocycles. The van der Waals surface area contributed by atoms with Gasteiger partial charge in [-0.3, -0.25) is 4.79 Å². The number of aryl methyl sites for hydroxylation is 2. The minimum atomic E-state index is -0.202. The van der Waals surface area contributed by atoms with Crippen molar-refractivity contribution in [2.45, 2.75) is 25.3 Å². The average molecular weight is 368 g/mol. The Morgan fingerprint density at radius 3 is 2.43 bits per heavy atom. The van der Waals surface area contributed by atoms with E-state index in [9.17, 15) is 9.18 Å². The Kier molecular flexibility index (Phi) is 5.06. The van der Waals surface area contributed by atoms with Crippen LogP contribution in [0.2, 0.25) is 0 Å². The molecule has 0 heterocycles. The number of benzene rings is 2. The first kappa shape index (κ1) is 16.0. The lowest BCUT2D eigenvalue weighted by atomic mass is 10.1. The molecular weight excluding hydrogens is 353 g/mol. The van der Waals surface area contributed by atoms with Gasteiger partial charge in [-0.25, -0.2) is 4.39 Å². The summed E-state index contributed by atoms with van der Waals surface area (Å²) in [7, 11) is 0. The van der Waals surface area contributed by atoms with Crippen molar-refractivity contribution in [1.29, 1.82) is 0 Å². The van der Waals surface area contributed by atoms with Gasteiger partial charge in [-0.05, 0) is 48.7 Å². The molecule has 5 heteroatoms. The highest BCUT2D eigenvalue weighted by atomic mass is 79.9. The number of rotatable bonds is 3. The Balaban J connectivity index is 2.11. The largest absolute Gasteiger partial charge is 0.348 e. The van der Waals surface area contributed by atoms with Crippen LogP contribution in [-0.4, -0.2) is 5.91 Å². The molecule has 2 nitrogen and oxygen atoms in total. The molecule has 0 fully saturated rings. The monoisotopic (exact) mass is 367 g/mol. The highest BCUT2D eigenvalue weighted by Crippen LogP contribution is 2.20. The van der Waals surface area contributed by atoms with E-state index in [-0.39, 0.29) is 11.7 Å². The first-order valence-electron chi connectivity index (χ1n) is 6.41. The van der Waals surface area contributed by atoms with Crippen molar-refractivity contribution in [3.8, 4) is 0 Å². The lowest BCUT2D eigenvalue weighted by molar-refractivity contribution is 0.0948. The smallest absolute Gasteiger partial charge is 0.252 e. The van der Waals surface area contributed by atoms with Gasteiger partial charge in [-0.2, -0.15) is 0 Å². The van der Waals surface area contributed by atoms with Crippen molar-refractivity contribution in [2.24, 2.45) is 0 Å². The van der Waals surface area contributed by atoms with Gasteiger partial charge < -0.3 is 5.32 Å². The zero-order valence-electron chi connectivity index (χ0n) is 11.7. The first-order chi connectivity index (χ1) is 9.88. The van der Waals surface area contributed by atoms with Crippen LogP contribution in [-0.2, 0) is 6.54 Å². The zero-order valence-corrected chi connectivity index (χ0v) is 14.2. The third kappa shape index (κ3) is 3.86. The van der Waals surface area contributed by atoms with Crippen molar-refractivity contribution in [1.82, 2.24) is 5.32 Å². The number of carbonyl (C=O) groups is 1. The molecule has 0 unspecified atom stereocenters. The van der Waals surface area contributed by atoms with Crippen LogP contribution in [0, 0.1) is 19.7 Å². The normalized spacial score (nSPS) is 10.5. The fraction of sp³-hybridized carbons (Fsp3) is 0.188. The Hall–Kier alpha value is -1.33. The molecule has 1 amide bonds. The Morgan fingerprint density at radius 1 is 1.24 bits per heavy atom. The molecule has 21 heavy (non-hydrogen) atoms. The van der Waals surface area contributed by atoms with Crippen LogP contribution in [0.15, 0.2) is 39.7 Å². The third-order valence-electron chi connectivity index (χ3n) is 3.15. The number of hydrogen-bond acceptors (Lipinski definition) is 2. The topological polar surface area (TPSA) is 29.1 Å². The van der Waals surface area contributed by atoms with Crippen LogP contribution < -0.4 is 5.32 Å². The molecule has 0 aliphatic rings. The molecule has 0 aliphatic carbocycles. The second-order valence-electron chi connectivity index (χ2n) is 4.89. The summed E-state index contributed by atoms with van der Waals surface area (Å²) in [6.07, 6.45) is 0. The average Bonchev–Trinajstić information content (AvgIpc) is 2.42. The second kappa shape index (κ2) is 6.62. The molecule has 0 saturated heterocycles. The molecule has 110 valence electrons. The summed E-state index contributed by atoms with van der Waals surface area (Å²) >= 11 is 7.62. The van der Waals surface area contributed by atoms with E-state index in [1.165, 1.54) is 0 Å². The van der Waals surface area contributed by atoms with Crippen molar-refractivity contribution < 1.29 is 9.18 Å². The van der Waals surface area contributed by atoms with Crippen LogP contribution in [0.4, 0.5) is 4.39 Å². The summed E-state index contributed by atoms with van der Waals surface area (Å²) in [6, 6.07) is 8.76. The van der Waals surface area contributed by atoms with Gasteiger partial charge in [0.05, 0.1) is 5.56 Å². The lowest BCUT2D eigenvalue weighted by Gasteiger charge is -2.10. The number of halogens is 2. The van der Waals surface area contributed by atoms with Gasteiger partial charge in [0, 0.05) is 15.9 Å². The Morgan fingerprint density at radius 2 is 1.86 bits per heavy atom. The molecule has 0 aromatic heterocycles. The van der Waals surface area contributed by atoms with Gasteiger partial charge >= 0.3 is 0 Å². The van der Waals surface area contributed by atoms with E-state index in [1.807, 2.05) is 0 Å². The van der Waals surface area contributed by atoms with E-state index < -0.39 is 0 Å². The van der Waals surface area contributed by atoms with E-state index in [0.717, 1.165) is 10.0 Å². The van der Waals surface area contributed by atoms with Crippen LogP contribution in [0.1, 0.15) is 27.0 Å². The maximum Gasteiger partial charge on any atom is 0.252 e. The number of thiol groups is 1. The van der Waals surface area contributed by atoms with E-state index in [1.54, 1.807) is 44.2 Å². The molecule has 0 bridgehead atoms. The summed E-state index contributed by atoms with van der Waals surface area (Å²) in [5.74, 6) is -0.400. The SMILES string of the molecule is Cc1cc(CNC(=O)c2ccc(Br)cc2S)cc(C)c1F. The van der Waals surface area contributed by atoms with E-state index in [4.69, 9.17) is 0 Å². The Bertz CT molecular complexity index is 680. The highest BCUT2D eigenvalue weighted by molar-refractivity contribution is 9.10. The van der Waals surface area contributed by atoms with Gasteiger partial charge in [-0.1, -0.05) is 28.1 Å². The molecule has 2 rings (SSSR count). The summed E-state index contributed by atoms with van der Waals surface area (Å²) in [5, 5.41) is 2.82. The van der Waals surface area contributed by atoms with E-state index in [0.29, 0.717) is 28.1 Å². The third-order valence-corrected chi connectivity index (χ3v) is 4.02. The molecule has 2 aromatic rings. The fourth-order valence-electron chi connectivity index (χ4n) is 2.11. The van der Waals surface area contributed by atoms with Crippen molar-refractivity contribution >= 4 is 34.5 Å². The molecule has 0 atom stereocenters. The molecule has 0 radical (unpaired) electrons. The molecule has 2 aromatic carbocycles. The summed E-state index contributed by atoms with van der Waals surface area (Å²) in [5.41, 5.74) is 2.55. The first-order valence-corrected chi connectivity index (χ1v) is 7.65. The van der Waals surface area contributed by atoms with Gasteiger partial charge in [0.1, 0.15) is 5.82 Å². The summed E-state index contributed by atoms with van der Waals surface area (Å²) < 4.78 is 14.4. The number of amides is 1. The molecule has 0 saturated carbocycles. The minimum Gasteiger partial charge on any atom is -0.348 e. The van der Waals surface area contributed by atoms with Gasteiger partial charge in [0.15, 0.2) is 0 Å². The number of carbonyl (C=O) groups excluding carboxylic acids is 1. The number of nitrogens with one attached hydrogen (secondary N) is 1. The van der Waals surface area contributed by atoms with Gasteiger partial charge in [0.25, 0.3) is 5.91 Å². The quantitative estimate of drug-likeness (QED) is 0.772. The van der Waals surface area contributed by atoms with Crippen LogP contribution in [0.25, 0.3) is 0 Å². The van der Waals surface area contributed by atoms with Crippen LogP contribution >= 0.6 is 28.6 Å². The number of hydrogen-bond donors (Lipinski definition) is 2.